The van der Waals surface area contributed by atoms with Gasteiger partial charge in [0.15, 0.2) is 17.6 Å². The summed E-state index contributed by atoms with van der Waals surface area (Å²) in [5.74, 6) is -0.207. The van der Waals surface area contributed by atoms with Crippen LogP contribution in [0.4, 0.5) is 5.69 Å². The number of carbonyl (C=O) groups is 1. The van der Waals surface area contributed by atoms with Crippen LogP contribution in [0, 0.1) is 0 Å². The fourth-order valence-corrected chi connectivity index (χ4v) is 11.3. The van der Waals surface area contributed by atoms with Crippen molar-refractivity contribution < 1.29 is 17.2 Å². The van der Waals surface area contributed by atoms with E-state index in [2.05, 4.69) is 90.2 Å². The van der Waals surface area contributed by atoms with Gasteiger partial charge in [-0.15, -0.1) is 0 Å². The highest BCUT2D eigenvalue weighted by Gasteiger charge is 2.52. The number of hydrogen-bond donors (Lipinski definition) is 1. The Kier molecular flexibility index (Phi) is 8.52. The molecule has 6 aromatic rings. The van der Waals surface area contributed by atoms with Crippen LogP contribution in [-0.4, -0.2) is 10.9 Å². The molecule has 5 aromatic carbocycles. The van der Waals surface area contributed by atoms with E-state index in [1.54, 1.807) is 11.3 Å². The van der Waals surface area contributed by atoms with Crippen LogP contribution < -0.4 is 38.3 Å². The molecule has 3 nitrogen and oxygen atoms in total. The van der Waals surface area contributed by atoms with Crippen molar-refractivity contribution >= 4 is 50.7 Å². The van der Waals surface area contributed by atoms with Crippen molar-refractivity contribution in [3.8, 4) is 10.6 Å². The van der Waals surface area contributed by atoms with Gasteiger partial charge in [-0.2, -0.15) is 0 Å². The summed E-state index contributed by atoms with van der Waals surface area (Å²) < 4.78 is 0.985. The van der Waals surface area contributed by atoms with Crippen molar-refractivity contribution in [2.75, 3.05) is 5.32 Å². The fraction of sp³-hybridized carbons (Fsp3) is 0. The van der Waals surface area contributed by atoms with E-state index in [4.69, 9.17) is 4.98 Å². The number of benzene rings is 5. The molecule has 40 heavy (non-hydrogen) atoms. The maximum absolute atomic E-state index is 14.1. The minimum Gasteiger partial charge on any atom is -1.00 e. The van der Waals surface area contributed by atoms with E-state index >= 15 is 0 Å². The molecular weight excluding hydrogens is 551 g/mol. The van der Waals surface area contributed by atoms with Crippen LogP contribution in [0.3, 0.4) is 0 Å². The summed E-state index contributed by atoms with van der Waals surface area (Å²) in [6.07, 6.45) is 0. The lowest BCUT2D eigenvalue weighted by Crippen LogP contribution is -3.00. The molecule has 1 N–H and O–H groups in total. The number of carbonyl (C=O) groups excluding carboxylic acids is 1. The summed E-state index contributed by atoms with van der Waals surface area (Å²) in [6.45, 7) is 0. The van der Waals surface area contributed by atoms with E-state index < -0.39 is 7.26 Å². The van der Waals surface area contributed by atoms with Gasteiger partial charge in [-0.25, -0.2) is 4.98 Å². The van der Waals surface area contributed by atoms with E-state index in [0.717, 1.165) is 20.9 Å². The minimum absolute atomic E-state index is 0. The smallest absolute Gasteiger partial charge is 0.279 e. The van der Waals surface area contributed by atoms with Crippen LogP contribution >= 0.6 is 18.6 Å². The molecule has 0 aliphatic heterocycles. The van der Waals surface area contributed by atoms with E-state index in [1.807, 2.05) is 66.7 Å². The van der Waals surface area contributed by atoms with Gasteiger partial charge in [-0.1, -0.05) is 114 Å². The first-order valence-electron chi connectivity index (χ1n) is 12.8. The molecule has 0 atom stereocenters. The molecular formula is C34H26ClN2OPS. The topological polar surface area (TPSA) is 42.0 Å². The average Bonchev–Trinajstić information content (AvgIpc) is 3.46. The first-order valence-corrected chi connectivity index (χ1v) is 15.4. The number of aromatic nitrogens is 1. The van der Waals surface area contributed by atoms with Crippen molar-refractivity contribution in [1.29, 1.82) is 0 Å². The lowest BCUT2D eigenvalue weighted by Gasteiger charge is -2.26. The maximum Gasteiger partial charge on any atom is 0.279 e. The quantitative estimate of drug-likeness (QED) is 0.295. The van der Waals surface area contributed by atoms with Crippen molar-refractivity contribution in [3.63, 3.8) is 0 Å². The van der Waals surface area contributed by atoms with Gasteiger partial charge in [0.2, 0.25) is 0 Å². The van der Waals surface area contributed by atoms with Crippen molar-refractivity contribution in [2.45, 2.75) is 0 Å². The molecule has 1 aromatic heterocycles. The molecule has 0 fully saturated rings. The Morgan fingerprint density at radius 3 is 1.43 bits per heavy atom. The zero-order valence-electron chi connectivity index (χ0n) is 21.5. The number of hydrogen-bond acceptors (Lipinski definition) is 3. The standard InChI is InChI=1S/C34H25N2OPS.ClH/c37-32(35-27-18-8-2-9-19-27)31-34(39-33(36-31)26-16-6-1-7-17-26)38(28-20-10-3-11-21-28,29-22-12-4-13-23-29)30-24-14-5-15-25-30;/h1-25H;1H. The molecule has 196 valence electrons. The number of para-hydroxylation sites is 1. The molecule has 6 rings (SSSR count). The Hall–Kier alpha value is -4.08. The SMILES string of the molecule is O=C(Nc1ccccc1)c1nc(-c2ccccc2)sc1[P+](c1ccccc1)(c1ccccc1)c1ccccc1.[Cl-]. The van der Waals surface area contributed by atoms with Crippen LogP contribution in [0.15, 0.2) is 152 Å². The van der Waals surface area contributed by atoms with Gasteiger partial charge in [0.25, 0.3) is 5.91 Å². The van der Waals surface area contributed by atoms with Gasteiger partial charge in [-0.3, -0.25) is 4.79 Å². The predicted molar refractivity (Wildman–Crippen MR) is 167 cm³/mol. The number of nitrogens with one attached hydrogen (secondary N) is 1. The largest absolute Gasteiger partial charge is 1.00 e. The van der Waals surface area contributed by atoms with Crippen molar-refractivity contribution in [3.05, 3.63) is 157 Å². The van der Waals surface area contributed by atoms with E-state index in [0.29, 0.717) is 5.69 Å². The Morgan fingerprint density at radius 2 is 0.975 bits per heavy atom. The monoisotopic (exact) mass is 576 g/mol. The molecule has 0 aliphatic carbocycles. The normalized spacial score (nSPS) is 10.9. The van der Waals surface area contributed by atoms with Gasteiger partial charge < -0.3 is 17.7 Å². The van der Waals surface area contributed by atoms with E-state index in [9.17, 15) is 4.79 Å². The zero-order chi connectivity index (χ0) is 26.5. The second-order valence-electron chi connectivity index (χ2n) is 9.04. The highest BCUT2D eigenvalue weighted by Crippen LogP contribution is 2.56. The Morgan fingerprint density at radius 1 is 0.575 bits per heavy atom. The number of thiazole rings is 1. The van der Waals surface area contributed by atoms with Crippen molar-refractivity contribution in [1.82, 2.24) is 4.98 Å². The first-order chi connectivity index (χ1) is 19.3. The molecule has 0 saturated carbocycles. The van der Waals surface area contributed by atoms with Gasteiger partial charge in [0, 0.05) is 11.3 Å². The molecule has 0 aliphatic rings. The number of halogens is 1. The summed E-state index contributed by atoms with van der Waals surface area (Å²) in [4.78, 5) is 19.1. The lowest BCUT2D eigenvalue weighted by atomic mass is 10.2. The molecule has 0 saturated heterocycles. The second-order valence-corrected chi connectivity index (χ2v) is 13.7. The molecule has 1 amide bonds. The third-order valence-electron chi connectivity index (χ3n) is 6.61. The van der Waals surface area contributed by atoms with E-state index in [1.165, 1.54) is 15.9 Å². The first kappa shape index (κ1) is 27.5. The third-order valence-corrected chi connectivity index (χ3v) is 12.7. The Bertz CT molecular complexity index is 1580. The predicted octanol–water partition coefficient (Wildman–Crippen LogP) is 3.69. The number of anilines is 1. The van der Waals surface area contributed by atoms with Crippen LogP contribution in [0.25, 0.3) is 10.6 Å². The van der Waals surface area contributed by atoms with Crippen LogP contribution in [0.5, 0.6) is 0 Å². The summed E-state index contributed by atoms with van der Waals surface area (Å²) in [7, 11) is -2.51. The summed E-state index contributed by atoms with van der Waals surface area (Å²) >= 11 is 1.62. The minimum atomic E-state index is -2.51. The summed E-state index contributed by atoms with van der Waals surface area (Å²) in [6, 6.07) is 51.4. The second kappa shape index (κ2) is 12.4. The summed E-state index contributed by atoms with van der Waals surface area (Å²) in [5.41, 5.74) is 2.20. The lowest BCUT2D eigenvalue weighted by molar-refractivity contribution is -0.0000149. The van der Waals surface area contributed by atoms with Gasteiger partial charge in [-0.05, 0) is 48.5 Å². The van der Waals surface area contributed by atoms with Gasteiger partial charge >= 0.3 is 0 Å². The maximum atomic E-state index is 14.1. The third kappa shape index (κ3) is 5.22. The molecule has 0 unspecified atom stereocenters. The van der Waals surface area contributed by atoms with Crippen LogP contribution in [-0.2, 0) is 0 Å². The van der Waals surface area contributed by atoms with Crippen LogP contribution in [0.2, 0.25) is 0 Å². The molecule has 0 bridgehead atoms. The average molecular weight is 577 g/mol. The van der Waals surface area contributed by atoms with Gasteiger partial charge in [0.1, 0.15) is 20.9 Å². The number of amides is 1. The number of nitrogens with zero attached hydrogens (tertiary/aromatic N) is 1. The molecule has 0 radical (unpaired) electrons. The molecule has 6 heteroatoms. The van der Waals surface area contributed by atoms with Crippen LogP contribution in [0.1, 0.15) is 10.5 Å². The zero-order valence-corrected chi connectivity index (χ0v) is 24.0. The van der Waals surface area contributed by atoms with Gasteiger partial charge in [0.05, 0.1) is 0 Å². The highest BCUT2D eigenvalue weighted by molar-refractivity contribution is 8.04. The van der Waals surface area contributed by atoms with Crippen molar-refractivity contribution in [2.24, 2.45) is 0 Å². The number of rotatable bonds is 7. The highest BCUT2D eigenvalue weighted by atomic mass is 35.5. The summed E-state index contributed by atoms with van der Waals surface area (Å²) in [5, 5.41) is 7.48. The Balaban J connectivity index is 0.00000323. The Labute approximate surface area is 245 Å². The van der Waals surface area contributed by atoms with E-state index in [-0.39, 0.29) is 18.3 Å². The molecule has 1 heterocycles. The molecule has 0 spiro atoms. The fourth-order valence-electron chi connectivity index (χ4n) is 4.86.